The van der Waals surface area contributed by atoms with E-state index < -0.39 is 0 Å². The van der Waals surface area contributed by atoms with Gasteiger partial charge in [0.05, 0.1) is 0 Å². The fourth-order valence-corrected chi connectivity index (χ4v) is 3.39. The Morgan fingerprint density at radius 3 is 2.67 bits per heavy atom. The maximum atomic E-state index is 4.85. The molecule has 1 N–H and O–H groups in total. The Balaban J connectivity index is 2.04. The molecule has 0 unspecified atom stereocenters. The minimum absolute atomic E-state index is 0.589. The van der Waals surface area contributed by atoms with Gasteiger partial charge in [0, 0.05) is 34.3 Å². The third kappa shape index (κ3) is 3.26. The van der Waals surface area contributed by atoms with E-state index in [9.17, 15) is 0 Å². The van der Waals surface area contributed by atoms with E-state index in [1.54, 1.807) is 0 Å². The van der Waals surface area contributed by atoms with Gasteiger partial charge in [-0.05, 0) is 25.8 Å². The highest BCUT2D eigenvalue weighted by molar-refractivity contribution is 9.10. The van der Waals surface area contributed by atoms with Crippen molar-refractivity contribution in [2.75, 3.05) is 11.9 Å². The van der Waals surface area contributed by atoms with Gasteiger partial charge in [-0.2, -0.15) is 0 Å². The summed E-state index contributed by atoms with van der Waals surface area (Å²) in [4.78, 5) is 9.52. The summed E-state index contributed by atoms with van der Waals surface area (Å²) in [6, 6.07) is 10.3. The predicted molar refractivity (Wildman–Crippen MR) is 90.5 cm³/mol. The van der Waals surface area contributed by atoms with Gasteiger partial charge in [-0.1, -0.05) is 47.0 Å². The van der Waals surface area contributed by atoms with Crippen molar-refractivity contribution < 1.29 is 0 Å². The first-order valence-corrected chi connectivity index (χ1v) is 8.45. The normalized spacial score (nSPS) is 15.3. The molecule has 1 aliphatic carbocycles. The molecule has 0 spiro atoms. The summed E-state index contributed by atoms with van der Waals surface area (Å²) in [7, 11) is 0. The summed E-state index contributed by atoms with van der Waals surface area (Å²) in [5, 5.41) is 3.33. The molecule has 0 aliphatic heterocycles. The number of anilines is 1. The lowest BCUT2D eigenvalue weighted by atomic mass is 10.0. The molecule has 110 valence electrons. The maximum absolute atomic E-state index is 4.85. The first-order chi connectivity index (χ1) is 10.3. The smallest absolute Gasteiger partial charge is 0.162 e. The topological polar surface area (TPSA) is 37.8 Å². The minimum Gasteiger partial charge on any atom is -0.370 e. The molecule has 3 rings (SSSR count). The molecule has 1 fully saturated rings. The van der Waals surface area contributed by atoms with Crippen molar-refractivity contribution in [1.29, 1.82) is 0 Å². The lowest BCUT2D eigenvalue weighted by Crippen LogP contribution is -2.06. The average Bonchev–Trinajstić information content (AvgIpc) is 3.02. The molecule has 0 atom stereocenters. The van der Waals surface area contributed by atoms with Crippen LogP contribution >= 0.6 is 15.9 Å². The molecule has 0 saturated heterocycles. The van der Waals surface area contributed by atoms with Crippen LogP contribution in [0.15, 0.2) is 34.8 Å². The molecule has 1 aliphatic rings. The van der Waals surface area contributed by atoms with E-state index in [0.717, 1.165) is 28.2 Å². The number of halogens is 1. The number of nitrogens with one attached hydrogen (secondary N) is 1. The van der Waals surface area contributed by atoms with Gasteiger partial charge < -0.3 is 5.32 Å². The van der Waals surface area contributed by atoms with E-state index in [2.05, 4.69) is 45.3 Å². The van der Waals surface area contributed by atoms with Crippen LogP contribution in [0.25, 0.3) is 11.4 Å². The fraction of sp³-hybridized carbons (Fsp3) is 0.412. The van der Waals surface area contributed by atoms with Crippen LogP contribution in [0.1, 0.15) is 44.2 Å². The van der Waals surface area contributed by atoms with Gasteiger partial charge in [0.1, 0.15) is 5.82 Å². The van der Waals surface area contributed by atoms with Crippen LogP contribution in [0.5, 0.6) is 0 Å². The van der Waals surface area contributed by atoms with Gasteiger partial charge in [-0.25, -0.2) is 9.97 Å². The van der Waals surface area contributed by atoms with E-state index in [1.165, 1.54) is 31.4 Å². The second-order valence-electron chi connectivity index (χ2n) is 5.49. The Morgan fingerprint density at radius 2 is 1.95 bits per heavy atom. The van der Waals surface area contributed by atoms with Gasteiger partial charge in [0.2, 0.25) is 0 Å². The highest BCUT2D eigenvalue weighted by atomic mass is 79.9. The standard InChI is InChI=1S/C17H20BrN3/c1-2-19-16-11-15(12-7-3-4-8-12)20-17(21-16)13-9-5-6-10-14(13)18/h5-6,9-12H,2-4,7-8H2,1H3,(H,19,20,21). The molecule has 3 nitrogen and oxygen atoms in total. The second kappa shape index (κ2) is 6.56. The second-order valence-corrected chi connectivity index (χ2v) is 6.35. The third-order valence-electron chi connectivity index (χ3n) is 3.99. The molecule has 1 aromatic carbocycles. The van der Waals surface area contributed by atoms with Crippen molar-refractivity contribution in [1.82, 2.24) is 9.97 Å². The van der Waals surface area contributed by atoms with E-state index in [0.29, 0.717) is 5.92 Å². The van der Waals surface area contributed by atoms with Crippen LogP contribution in [0.2, 0.25) is 0 Å². The highest BCUT2D eigenvalue weighted by Gasteiger charge is 2.20. The number of aromatic nitrogens is 2. The van der Waals surface area contributed by atoms with Crippen molar-refractivity contribution in [3.63, 3.8) is 0 Å². The van der Waals surface area contributed by atoms with Crippen LogP contribution in [-0.4, -0.2) is 16.5 Å². The number of benzene rings is 1. The molecule has 4 heteroatoms. The van der Waals surface area contributed by atoms with Crippen molar-refractivity contribution in [2.24, 2.45) is 0 Å². The Labute approximate surface area is 134 Å². The molecule has 21 heavy (non-hydrogen) atoms. The Hall–Kier alpha value is -1.42. The monoisotopic (exact) mass is 345 g/mol. The van der Waals surface area contributed by atoms with Crippen LogP contribution in [0.3, 0.4) is 0 Å². The first-order valence-electron chi connectivity index (χ1n) is 7.65. The molecule has 1 saturated carbocycles. The average molecular weight is 346 g/mol. The SMILES string of the molecule is CCNc1cc(C2CCCC2)nc(-c2ccccc2Br)n1. The van der Waals surface area contributed by atoms with E-state index in [4.69, 9.17) is 4.98 Å². The predicted octanol–water partition coefficient (Wildman–Crippen LogP) is 5.00. The lowest BCUT2D eigenvalue weighted by Gasteiger charge is -2.13. The molecule has 0 radical (unpaired) electrons. The molecule has 0 bridgehead atoms. The summed E-state index contributed by atoms with van der Waals surface area (Å²) in [6.07, 6.45) is 5.13. The summed E-state index contributed by atoms with van der Waals surface area (Å²) in [6.45, 7) is 2.96. The third-order valence-corrected chi connectivity index (χ3v) is 4.68. The van der Waals surface area contributed by atoms with Crippen LogP contribution in [-0.2, 0) is 0 Å². The Morgan fingerprint density at radius 1 is 1.19 bits per heavy atom. The van der Waals surface area contributed by atoms with Crippen molar-refractivity contribution >= 4 is 21.7 Å². The van der Waals surface area contributed by atoms with Gasteiger partial charge >= 0.3 is 0 Å². The lowest BCUT2D eigenvalue weighted by molar-refractivity contribution is 0.695. The van der Waals surface area contributed by atoms with Crippen LogP contribution in [0.4, 0.5) is 5.82 Å². The number of hydrogen-bond donors (Lipinski definition) is 1. The summed E-state index contributed by atoms with van der Waals surface area (Å²) in [5.74, 6) is 2.33. The molecule has 0 amide bonds. The van der Waals surface area contributed by atoms with E-state index in [1.807, 2.05) is 18.2 Å². The largest absolute Gasteiger partial charge is 0.370 e. The number of nitrogens with zero attached hydrogens (tertiary/aromatic N) is 2. The number of rotatable bonds is 4. The molecular weight excluding hydrogens is 326 g/mol. The molecule has 1 heterocycles. The summed E-state index contributed by atoms with van der Waals surface area (Å²) < 4.78 is 1.04. The fourth-order valence-electron chi connectivity index (χ4n) is 2.93. The molecule has 2 aromatic rings. The zero-order valence-electron chi connectivity index (χ0n) is 12.3. The Kier molecular flexibility index (Phi) is 4.54. The molecule has 1 aromatic heterocycles. The zero-order chi connectivity index (χ0) is 14.7. The molecular formula is C17H20BrN3. The van der Waals surface area contributed by atoms with Gasteiger partial charge in [0.25, 0.3) is 0 Å². The zero-order valence-corrected chi connectivity index (χ0v) is 13.9. The van der Waals surface area contributed by atoms with E-state index in [-0.39, 0.29) is 0 Å². The number of hydrogen-bond acceptors (Lipinski definition) is 3. The summed E-state index contributed by atoms with van der Waals surface area (Å²) >= 11 is 3.60. The highest BCUT2D eigenvalue weighted by Crippen LogP contribution is 2.35. The van der Waals surface area contributed by atoms with E-state index >= 15 is 0 Å². The van der Waals surface area contributed by atoms with Crippen molar-refractivity contribution in [3.05, 3.63) is 40.5 Å². The quantitative estimate of drug-likeness (QED) is 0.847. The first kappa shape index (κ1) is 14.5. The Bertz CT molecular complexity index is 621. The minimum atomic E-state index is 0.589. The van der Waals surface area contributed by atoms with Crippen LogP contribution < -0.4 is 5.32 Å². The van der Waals surface area contributed by atoms with Crippen LogP contribution in [0, 0.1) is 0 Å². The van der Waals surface area contributed by atoms with Gasteiger partial charge in [0.15, 0.2) is 5.82 Å². The van der Waals surface area contributed by atoms with Gasteiger partial charge in [-0.3, -0.25) is 0 Å². The van der Waals surface area contributed by atoms with Gasteiger partial charge in [-0.15, -0.1) is 0 Å². The van der Waals surface area contributed by atoms with Crippen molar-refractivity contribution in [3.8, 4) is 11.4 Å². The maximum Gasteiger partial charge on any atom is 0.162 e. The summed E-state index contributed by atoms with van der Waals surface area (Å²) in [5.41, 5.74) is 2.24. The van der Waals surface area contributed by atoms with Crippen molar-refractivity contribution in [2.45, 2.75) is 38.5 Å².